The van der Waals surface area contributed by atoms with Gasteiger partial charge in [0.1, 0.15) is 5.75 Å². The molecule has 27 heavy (non-hydrogen) atoms. The Bertz CT molecular complexity index is 919. The van der Waals surface area contributed by atoms with E-state index >= 15 is 0 Å². The Hall–Kier alpha value is -1.74. The molecule has 6 nitrogen and oxygen atoms in total. The second-order valence-corrected chi connectivity index (χ2v) is 8.53. The maximum atomic E-state index is 12.5. The number of carbonyl (C=O) groups is 1. The van der Waals surface area contributed by atoms with Crippen LogP contribution < -0.4 is 14.8 Å². The standard InChI is InChI=1S/C18H21ClN2O4S2/c1-4-25-16-10-9-13(11-14(16)19)27(23,24)21-12(2)18(22)20-15-7-5-6-8-17(15)26-3/h5-12,21H,4H2,1-3H3,(H,20,22)/t12-/m0/s1. The van der Waals surface area contributed by atoms with Crippen LogP contribution in [0.4, 0.5) is 5.69 Å². The van der Waals surface area contributed by atoms with Gasteiger partial charge in [-0.05, 0) is 50.4 Å². The molecule has 2 aromatic carbocycles. The predicted molar refractivity (Wildman–Crippen MR) is 109 cm³/mol. The summed E-state index contributed by atoms with van der Waals surface area (Å²) in [5.41, 5.74) is 0.630. The van der Waals surface area contributed by atoms with Crippen molar-refractivity contribution in [1.82, 2.24) is 4.72 Å². The molecule has 0 radical (unpaired) electrons. The van der Waals surface area contributed by atoms with Gasteiger partial charge in [-0.15, -0.1) is 11.8 Å². The van der Waals surface area contributed by atoms with Crippen LogP contribution in [0.1, 0.15) is 13.8 Å². The third kappa shape index (κ3) is 5.62. The Morgan fingerprint density at radius 2 is 1.96 bits per heavy atom. The molecular formula is C18H21ClN2O4S2. The van der Waals surface area contributed by atoms with Crippen LogP contribution in [0.3, 0.4) is 0 Å². The van der Waals surface area contributed by atoms with Crippen LogP contribution in [0, 0.1) is 0 Å². The Balaban J connectivity index is 2.12. The van der Waals surface area contributed by atoms with Crippen molar-refractivity contribution in [2.24, 2.45) is 0 Å². The maximum absolute atomic E-state index is 12.5. The number of thioether (sulfide) groups is 1. The normalized spacial score (nSPS) is 12.4. The van der Waals surface area contributed by atoms with Crippen LogP contribution in [0.25, 0.3) is 0 Å². The first kappa shape index (κ1) is 21.6. The van der Waals surface area contributed by atoms with Crippen molar-refractivity contribution in [1.29, 1.82) is 0 Å². The van der Waals surface area contributed by atoms with Crippen molar-refractivity contribution in [2.75, 3.05) is 18.2 Å². The lowest BCUT2D eigenvalue weighted by atomic mass is 10.3. The molecule has 0 aromatic heterocycles. The lowest BCUT2D eigenvalue weighted by Gasteiger charge is -2.16. The van der Waals surface area contributed by atoms with Gasteiger partial charge in [0, 0.05) is 4.90 Å². The van der Waals surface area contributed by atoms with Crippen LogP contribution in [0.5, 0.6) is 5.75 Å². The molecule has 0 unspecified atom stereocenters. The monoisotopic (exact) mass is 428 g/mol. The number of para-hydroxylation sites is 1. The van der Waals surface area contributed by atoms with E-state index in [1.54, 1.807) is 19.1 Å². The van der Waals surface area contributed by atoms with Crippen molar-refractivity contribution in [3.8, 4) is 5.75 Å². The molecular weight excluding hydrogens is 408 g/mol. The third-order valence-corrected chi connectivity index (χ3v) is 6.23. The average Bonchev–Trinajstić information content (AvgIpc) is 2.63. The molecule has 1 atom stereocenters. The molecule has 0 aliphatic heterocycles. The van der Waals surface area contributed by atoms with Gasteiger partial charge in [0.25, 0.3) is 0 Å². The SMILES string of the molecule is CCOc1ccc(S(=O)(=O)N[C@@H](C)C(=O)Nc2ccccc2SC)cc1Cl. The number of benzene rings is 2. The first-order valence-corrected chi connectivity index (χ1v) is 11.3. The summed E-state index contributed by atoms with van der Waals surface area (Å²) in [6.45, 7) is 3.70. The molecule has 146 valence electrons. The Kier molecular flexibility index (Phi) is 7.55. The fraction of sp³-hybridized carbons (Fsp3) is 0.278. The molecule has 0 heterocycles. The van der Waals surface area contributed by atoms with Gasteiger partial charge in [-0.25, -0.2) is 8.42 Å². The highest BCUT2D eigenvalue weighted by Gasteiger charge is 2.23. The summed E-state index contributed by atoms with van der Waals surface area (Å²) < 4.78 is 32.8. The molecule has 2 aromatic rings. The molecule has 0 saturated heterocycles. The minimum Gasteiger partial charge on any atom is -0.492 e. The van der Waals surface area contributed by atoms with Gasteiger partial charge >= 0.3 is 0 Å². The largest absolute Gasteiger partial charge is 0.492 e. The smallest absolute Gasteiger partial charge is 0.242 e. The number of hydrogen-bond donors (Lipinski definition) is 2. The number of hydrogen-bond acceptors (Lipinski definition) is 5. The summed E-state index contributed by atoms with van der Waals surface area (Å²) in [7, 11) is -3.92. The zero-order valence-corrected chi connectivity index (χ0v) is 17.5. The summed E-state index contributed by atoms with van der Waals surface area (Å²) in [6.07, 6.45) is 1.90. The Morgan fingerprint density at radius 3 is 2.59 bits per heavy atom. The van der Waals surface area contributed by atoms with Gasteiger partial charge < -0.3 is 10.1 Å². The van der Waals surface area contributed by atoms with Crippen LogP contribution in [-0.4, -0.2) is 33.2 Å². The molecule has 2 N–H and O–H groups in total. The van der Waals surface area contributed by atoms with E-state index in [4.69, 9.17) is 16.3 Å². The minimum absolute atomic E-state index is 0.0416. The topological polar surface area (TPSA) is 84.5 Å². The molecule has 9 heteroatoms. The minimum atomic E-state index is -3.92. The molecule has 0 spiro atoms. The average molecular weight is 429 g/mol. The molecule has 1 amide bonds. The lowest BCUT2D eigenvalue weighted by molar-refractivity contribution is -0.117. The lowest BCUT2D eigenvalue weighted by Crippen LogP contribution is -2.41. The highest BCUT2D eigenvalue weighted by molar-refractivity contribution is 7.98. The zero-order chi connectivity index (χ0) is 20.0. The molecule has 0 bridgehead atoms. The predicted octanol–water partition coefficient (Wildman–Crippen LogP) is 3.77. The molecule has 0 aliphatic rings. The van der Waals surface area contributed by atoms with E-state index < -0.39 is 22.0 Å². The maximum Gasteiger partial charge on any atom is 0.242 e. The number of carbonyl (C=O) groups excluding carboxylic acids is 1. The van der Waals surface area contributed by atoms with Crippen molar-refractivity contribution < 1.29 is 17.9 Å². The summed E-state index contributed by atoms with van der Waals surface area (Å²) in [4.78, 5) is 13.2. The second-order valence-electron chi connectivity index (χ2n) is 5.56. The van der Waals surface area contributed by atoms with Gasteiger partial charge in [-0.3, -0.25) is 4.79 Å². The van der Waals surface area contributed by atoms with Crippen molar-refractivity contribution in [3.05, 3.63) is 47.5 Å². The molecule has 0 fully saturated rings. The molecule has 0 aliphatic carbocycles. The van der Waals surface area contributed by atoms with Gasteiger partial charge in [0.05, 0.1) is 28.3 Å². The van der Waals surface area contributed by atoms with E-state index in [0.29, 0.717) is 18.0 Å². The molecule has 0 saturated carbocycles. The zero-order valence-electron chi connectivity index (χ0n) is 15.2. The van der Waals surface area contributed by atoms with Gasteiger partial charge in [-0.2, -0.15) is 4.72 Å². The summed E-state index contributed by atoms with van der Waals surface area (Å²) in [5.74, 6) is -0.0605. The van der Waals surface area contributed by atoms with Crippen molar-refractivity contribution in [3.63, 3.8) is 0 Å². The van der Waals surface area contributed by atoms with Gasteiger partial charge in [0.2, 0.25) is 15.9 Å². The van der Waals surface area contributed by atoms with Crippen LogP contribution >= 0.6 is 23.4 Å². The van der Waals surface area contributed by atoms with Crippen molar-refractivity contribution in [2.45, 2.75) is 29.7 Å². The Morgan fingerprint density at radius 1 is 1.26 bits per heavy atom. The van der Waals surface area contributed by atoms with E-state index in [1.807, 2.05) is 18.4 Å². The fourth-order valence-electron chi connectivity index (χ4n) is 2.26. The van der Waals surface area contributed by atoms with Gasteiger partial charge in [-0.1, -0.05) is 23.7 Å². The van der Waals surface area contributed by atoms with Crippen LogP contribution in [-0.2, 0) is 14.8 Å². The third-order valence-electron chi connectivity index (χ3n) is 3.60. The first-order chi connectivity index (χ1) is 12.8. The highest BCUT2D eigenvalue weighted by atomic mass is 35.5. The number of rotatable bonds is 8. The number of halogens is 1. The Labute approximate surface area is 168 Å². The van der Waals surface area contributed by atoms with Crippen LogP contribution in [0.15, 0.2) is 52.3 Å². The van der Waals surface area contributed by atoms with E-state index in [-0.39, 0.29) is 9.92 Å². The van der Waals surface area contributed by atoms with E-state index in [0.717, 1.165) is 4.90 Å². The fourth-order valence-corrected chi connectivity index (χ4v) is 4.35. The highest BCUT2D eigenvalue weighted by Crippen LogP contribution is 2.28. The molecule has 2 rings (SSSR count). The summed E-state index contributed by atoms with van der Waals surface area (Å²) in [6, 6.07) is 10.5. The number of nitrogens with one attached hydrogen (secondary N) is 2. The first-order valence-electron chi connectivity index (χ1n) is 8.17. The van der Waals surface area contributed by atoms with E-state index in [2.05, 4.69) is 10.0 Å². The quantitative estimate of drug-likeness (QED) is 0.625. The van der Waals surface area contributed by atoms with E-state index in [9.17, 15) is 13.2 Å². The van der Waals surface area contributed by atoms with Crippen molar-refractivity contribution >= 4 is 45.0 Å². The second kappa shape index (κ2) is 9.45. The summed E-state index contributed by atoms with van der Waals surface area (Å²) in [5, 5.41) is 2.93. The number of ether oxygens (including phenoxy) is 1. The van der Waals surface area contributed by atoms with Gasteiger partial charge in [0.15, 0.2) is 0 Å². The van der Waals surface area contributed by atoms with Crippen LogP contribution in [0.2, 0.25) is 5.02 Å². The summed E-state index contributed by atoms with van der Waals surface area (Å²) >= 11 is 7.54. The van der Waals surface area contributed by atoms with E-state index in [1.165, 1.54) is 36.9 Å². The number of anilines is 1. The number of amides is 1. The number of sulfonamides is 1.